The fraction of sp³-hybridized carbons (Fsp3) is 0. The van der Waals surface area contributed by atoms with Crippen LogP contribution in [0.3, 0.4) is 0 Å². The quantitative estimate of drug-likeness (QED) is 0.609. The summed E-state index contributed by atoms with van der Waals surface area (Å²) in [6.07, 6.45) is 4.83. The molecular weight excluding hydrogens is 180 g/mol. The number of para-hydroxylation sites is 1. The first kappa shape index (κ1) is 8.50. The lowest BCUT2D eigenvalue weighted by Gasteiger charge is -2.08. The lowest BCUT2D eigenvalue weighted by molar-refractivity contribution is -0.149. The van der Waals surface area contributed by atoms with Crippen molar-refractivity contribution >= 4 is 12.7 Å². The first-order valence-corrected chi connectivity index (χ1v) is 4.10. The molecule has 1 aromatic rings. The van der Waals surface area contributed by atoms with Crippen LogP contribution in [0, 0.1) is 0 Å². The minimum Gasteiger partial charge on any atom is -0.340 e. The van der Waals surface area contributed by atoms with Gasteiger partial charge < -0.3 is 4.84 Å². The van der Waals surface area contributed by atoms with E-state index in [1.165, 1.54) is 5.06 Å². The van der Waals surface area contributed by atoms with Crippen LogP contribution < -0.4 is 10.6 Å². The van der Waals surface area contributed by atoms with E-state index in [4.69, 9.17) is 0 Å². The van der Waals surface area contributed by atoms with Crippen molar-refractivity contribution in [2.24, 2.45) is 4.99 Å². The molecule has 0 saturated carbocycles. The largest absolute Gasteiger partial charge is 0.340 e. The molecule has 4 nitrogen and oxygen atoms in total. The monoisotopic (exact) mass is 188 g/mol. The van der Waals surface area contributed by atoms with Crippen LogP contribution in [0.2, 0.25) is 0 Å². The Morgan fingerprint density at radius 2 is 2.21 bits per heavy atom. The van der Waals surface area contributed by atoms with E-state index >= 15 is 0 Å². The van der Waals surface area contributed by atoms with Crippen molar-refractivity contribution in [3.05, 3.63) is 47.2 Å². The smallest absolute Gasteiger partial charge is 0.321 e. The van der Waals surface area contributed by atoms with Gasteiger partial charge >= 0.3 is 6.47 Å². The number of benzene rings is 1. The van der Waals surface area contributed by atoms with Crippen LogP contribution in [-0.2, 0) is 9.63 Å². The molecule has 14 heavy (non-hydrogen) atoms. The summed E-state index contributed by atoms with van der Waals surface area (Å²) in [7, 11) is 0. The van der Waals surface area contributed by atoms with Gasteiger partial charge in [0.2, 0.25) is 0 Å². The summed E-state index contributed by atoms with van der Waals surface area (Å²) in [6.45, 7) is 0.370. The van der Waals surface area contributed by atoms with Gasteiger partial charge in [-0.05, 0) is 6.07 Å². The highest BCUT2D eigenvalue weighted by atomic mass is 16.7. The standard InChI is InChI=1S/C10H8N2O2/c13-8-14-12-6-5-11-10-4-2-1-3-9(10)7-12/h1-8H. The Morgan fingerprint density at radius 3 is 3.07 bits per heavy atom. The summed E-state index contributed by atoms with van der Waals surface area (Å²) in [4.78, 5) is 19.0. The Hall–Kier alpha value is -2.10. The molecule has 0 aromatic heterocycles. The molecule has 0 spiro atoms. The van der Waals surface area contributed by atoms with Crippen LogP contribution in [0.25, 0.3) is 6.20 Å². The molecule has 0 amide bonds. The Balaban J connectivity index is 2.51. The second-order valence-electron chi connectivity index (χ2n) is 2.68. The zero-order valence-corrected chi connectivity index (χ0v) is 7.33. The van der Waals surface area contributed by atoms with E-state index < -0.39 is 0 Å². The Labute approximate surface area is 80.4 Å². The van der Waals surface area contributed by atoms with Gasteiger partial charge in [-0.1, -0.05) is 18.2 Å². The number of carbonyl (C=O) groups excluding carboxylic acids is 1. The summed E-state index contributed by atoms with van der Waals surface area (Å²) in [5.74, 6) is 0. The summed E-state index contributed by atoms with van der Waals surface area (Å²) < 4.78 is 0. The summed E-state index contributed by atoms with van der Waals surface area (Å²) >= 11 is 0. The molecule has 1 aliphatic heterocycles. The van der Waals surface area contributed by atoms with Crippen LogP contribution in [-0.4, -0.2) is 11.5 Å². The first-order chi connectivity index (χ1) is 6.90. The van der Waals surface area contributed by atoms with E-state index in [-0.39, 0.29) is 0 Å². The average Bonchev–Trinajstić information content (AvgIpc) is 2.40. The number of hydrogen-bond acceptors (Lipinski definition) is 4. The topological polar surface area (TPSA) is 41.9 Å². The van der Waals surface area contributed by atoms with Crippen molar-refractivity contribution in [1.29, 1.82) is 0 Å². The molecule has 4 heteroatoms. The molecular formula is C10H8N2O2. The number of fused-ring (bicyclic) bond motifs is 1. The first-order valence-electron chi connectivity index (χ1n) is 4.10. The van der Waals surface area contributed by atoms with Crippen molar-refractivity contribution in [3.8, 4) is 0 Å². The van der Waals surface area contributed by atoms with Gasteiger partial charge in [0.15, 0.2) is 0 Å². The lowest BCUT2D eigenvalue weighted by atomic mass is 10.3. The van der Waals surface area contributed by atoms with E-state index in [0.717, 1.165) is 10.6 Å². The van der Waals surface area contributed by atoms with Crippen LogP contribution in [0.1, 0.15) is 0 Å². The molecule has 1 aliphatic rings. The molecule has 0 saturated heterocycles. The van der Waals surface area contributed by atoms with Crippen molar-refractivity contribution in [1.82, 2.24) is 5.06 Å². The fourth-order valence-electron chi connectivity index (χ4n) is 1.19. The second-order valence-corrected chi connectivity index (χ2v) is 2.68. The van der Waals surface area contributed by atoms with Crippen molar-refractivity contribution in [2.75, 3.05) is 0 Å². The maximum absolute atomic E-state index is 10.1. The number of hydroxylamine groups is 2. The van der Waals surface area contributed by atoms with Crippen LogP contribution >= 0.6 is 0 Å². The third-order valence-electron chi connectivity index (χ3n) is 1.80. The van der Waals surface area contributed by atoms with Crippen LogP contribution in [0.4, 0.5) is 0 Å². The fourth-order valence-corrected chi connectivity index (χ4v) is 1.19. The molecule has 0 radical (unpaired) electrons. The lowest BCUT2D eigenvalue weighted by Crippen LogP contribution is -2.25. The van der Waals surface area contributed by atoms with E-state index in [1.807, 2.05) is 24.3 Å². The van der Waals surface area contributed by atoms with E-state index in [9.17, 15) is 4.79 Å². The minimum absolute atomic E-state index is 0.370. The third-order valence-corrected chi connectivity index (χ3v) is 1.80. The predicted molar refractivity (Wildman–Crippen MR) is 49.8 cm³/mol. The van der Waals surface area contributed by atoms with E-state index in [0.29, 0.717) is 6.47 Å². The molecule has 1 heterocycles. The maximum atomic E-state index is 10.1. The van der Waals surface area contributed by atoms with Gasteiger partial charge in [0.05, 0.1) is 17.8 Å². The molecule has 0 aliphatic carbocycles. The summed E-state index contributed by atoms with van der Waals surface area (Å²) in [6, 6.07) is 7.59. The zero-order valence-electron chi connectivity index (χ0n) is 7.33. The molecule has 0 bridgehead atoms. The Kier molecular flexibility index (Phi) is 2.27. The summed E-state index contributed by atoms with van der Waals surface area (Å²) in [5, 5.41) is 3.06. The highest BCUT2D eigenvalue weighted by molar-refractivity contribution is 5.38. The van der Waals surface area contributed by atoms with Gasteiger partial charge in [0.1, 0.15) is 0 Å². The Morgan fingerprint density at radius 1 is 1.36 bits per heavy atom. The van der Waals surface area contributed by atoms with Gasteiger partial charge in [-0.25, -0.2) is 0 Å². The molecule has 0 fully saturated rings. The molecule has 0 atom stereocenters. The van der Waals surface area contributed by atoms with Gasteiger partial charge in [-0.3, -0.25) is 9.79 Å². The van der Waals surface area contributed by atoms with Crippen molar-refractivity contribution in [3.63, 3.8) is 0 Å². The number of nitrogens with zero attached hydrogens (tertiary/aromatic N) is 2. The maximum Gasteiger partial charge on any atom is 0.321 e. The van der Waals surface area contributed by atoms with E-state index in [1.54, 1.807) is 18.6 Å². The zero-order chi connectivity index (χ0) is 9.80. The highest BCUT2D eigenvalue weighted by Gasteiger charge is 1.96. The third kappa shape index (κ3) is 1.64. The Bertz CT molecular complexity index is 479. The number of rotatable bonds is 2. The summed E-state index contributed by atoms with van der Waals surface area (Å²) in [5.41, 5.74) is 0. The molecule has 2 rings (SSSR count). The van der Waals surface area contributed by atoms with Crippen LogP contribution in [0.15, 0.2) is 41.7 Å². The average molecular weight is 188 g/mol. The normalized spacial score (nSPS) is 13.3. The second kappa shape index (κ2) is 3.74. The molecule has 70 valence electrons. The van der Waals surface area contributed by atoms with Gasteiger partial charge in [0.25, 0.3) is 0 Å². The molecule has 1 aromatic carbocycles. The van der Waals surface area contributed by atoms with E-state index in [2.05, 4.69) is 9.83 Å². The van der Waals surface area contributed by atoms with Gasteiger partial charge in [0, 0.05) is 11.4 Å². The molecule has 0 unspecified atom stereocenters. The predicted octanol–water partition coefficient (Wildman–Crippen LogP) is -0.0810. The minimum atomic E-state index is 0.370. The van der Waals surface area contributed by atoms with Crippen molar-refractivity contribution < 1.29 is 9.63 Å². The highest BCUT2D eigenvalue weighted by Crippen LogP contribution is 1.93. The molecule has 0 N–H and O–H groups in total. The van der Waals surface area contributed by atoms with Gasteiger partial charge in [-0.2, -0.15) is 5.06 Å². The number of carbonyl (C=O) groups is 1. The van der Waals surface area contributed by atoms with Crippen molar-refractivity contribution in [2.45, 2.75) is 0 Å². The number of hydrogen-bond donors (Lipinski definition) is 0. The van der Waals surface area contributed by atoms with Crippen LogP contribution in [0.5, 0.6) is 0 Å². The SMILES string of the molecule is O=CON1C=CN=c2ccccc2=C1. The van der Waals surface area contributed by atoms with Gasteiger partial charge in [-0.15, -0.1) is 0 Å².